The number of fused-ring (bicyclic) bond motifs is 1. The minimum atomic E-state index is -3.68. The van der Waals surface area contributed by atoms with Crippen LogP contribution in [0.25, 0.3) is 10.8 Å². The highest BCUT2D eigenvalue weighted by Crippen LogP contribution is 2.18. The molecule has 3 aromatic carbocycles. The molecule has 0 saturated carbocycles. The third-order valence-corrected chi connectivity index (χ3v) is 6.04. The summed E-state index contributed by atoms with van der Waals surface area (Å²) in [5, 5.41) is 5.52. The molecule has 0 spiro atoms. The number of rotatable bonds is 8. The minimum Gasteiger partial charge on any atom is -0.356 e. The molecule has 0 aliphatic heterocycles. The molecule has 146 valence electrons. The highest BCUT2D eigenvalue weighted by atomic mass is 35.5. The third kappa shape index (κ3) is 5.32. The molecule has 28 heavy (non-hydrogen) atoms. The Labute approximate surface area is 169 Å². The topological polar surface area (TPSA) is 75.3 Å². The summed E-state index contributed by atoms with van der Waals surface area (Å²) in [6.07, 6.45) is 0.774. The van der Waals surface area contributed by atoms with Gasteiger partial charge in [-0.05, 0) is 41.0 Å². The Hall–Kier alpha value is -2.41. The SMILES string of the molecule is O=C(CCNS(=O)(=O)c1cccc(Cl)c1)NCCc1cccc2ccccc12. The Kier molecular flexibility index (Phi) is 6.67. The molecule has 1 amide bonds. The fraction of sp³-hybridized carbons (Fsp3) is 0.190. The molecule has 0 aliphatic carbocycles. The van der Waals surface area contributed by atoms with Crippen molar-refractivity contribution in [2.24, 2.45) is 0 Å². The van der Waals surface area contributed by atoms with Crippen molar-refractivity contribution in [2.45, 2.75) is 17.7 Å². The maximum Gasteiger partial charge on any atom is 0.240 e. The fourth-order valence-corrected chi connectivity index (χ4v) is 4.28. The smallest absolute Gasteiger partial charge is 0.240 e. The monoisotopic (exact) mass is 416 g/mol. The molecular weight excluding hydrogens is 396 g/mol. The largest absolute Gasteiger partial charge is 0.356 e. The van der Waals surface area contributed by atoms with Crippen LogP contribution in [0.2, 0.25) is 5.02 Å². The van der Waals surface area contributed by atoms with E-state index in [1.54, 1.807) is 12.1 Å². The van der Waals surface area contributed by atoms with E-state index in [2.05, 4.69) is 28.2 Å². The summed E-state index contributed by atoms with van der Waals surface area (Å²) in [6, 6.07) is 20.2. The zero-order valence-electron chi connectivity index (χ0n) is 15.2. The lowest BCUT2D eigenvalue weighted by atomic mass is 10.0. The highest BCUT2D eigenvalue weighted by molar-refractivity contribution is 7.89. The molecule has 2 N–H and O–H groups in total. The van der Waals surface area contributed by atoms with E-state index in [-0.39, 0.29) is 23.8 Å². The van der Waals surface area contributed by atoms with Crippen LogP contribution in [0.4, 0.5) is 0 Å². The van der Waals surface area contributed by atoms with E-state index in [1.807, 2.05) is 24.3 Å². The second-order valence-corrected chi connectivity index (χ2v) is 8.55. The van der Waals surface area contributed by atoms with Crippen LogP contribution >= 0.6 is 11.6 Å². The zero-order valence-corrected chi connectivity index (χ0v) is 16.8. The molecule has 0 atom stereocenters. The van der Waals surface area contributed by atoms with E-state index in [9.17, 15) is 13.2 Å². The first-order valence-electron chi connectivity index (χ1n) is 8.94. The van der Waals surface area contributed by atoms with Crippen LogP contribution in [0.5, 0.6) is 0 Å². The molecule has 0 radical (unpaired) electrons. The van der Waals surface area contributed by atoms with Gasteiger partial charge in [0.25, 0.3) is 0 Å². The van der Waals surface area contributed by atoms with Crippen molar-refractivity contribution in [1.29, 1.82) is 0 Å². The van der Waals surface area contributed by atoms with Gasteiger partial charge in [0.2, 0.25) is 15.9 Å². The molecule has 7 heteroatoms. The molecule has 3 aromatic rings. The summed E-state index contributed by atoms with van der Waals surface area (Å²) in [7, 11) is -3.68. The molecule has 0 saturated heterocycles. The number of hydrogen-bond donors (Lipinski definition) is 2. The van der Waals surface area contributed by atoms with Crippen LogP contribution in [-0.2, 0) is 21.2 Å². The summed E-state index contributed by atoms with van der Waals surface area (Å²) in [5.74, 6) is -0.200. The maximum absolute atomic E-state index is 12.2. The van der Waals surface area contributed by atoms with Gasteiger partial charge in [-0.15, -0.1) is 0 Å². The molecule has 0 bridgehead atoms. The summed E-state index contributed by atoms with van der Waals surface area (Å²) in [6.45, 7) is 0.517. The lowest BCUT2D eigenvalue weighted by Crippen LogP contribution is -2.31. The third-order valence-electron chi connectivity index (χ3n) is 4.35. The Morgan fingerprint density at radius 3 is 2.50 bits per heavy atom. The number of carbonyl (C=O) groups excluding carboxylic acids is 1. The van der Waals surface area contributed by atoms with Crippen molar-refractivity contribution in [3.63, 3.8) is 0 Å². The second-order valence-electron chi connectivity index (χ2n) is 6.34. The van der Waals surface area contributed by atoms with Gasteiger partial charge in [0.1, 0.15) is 0 Å². The van der Waals surface area contributed by atoms with Gasteiger partial charge in [-0.25, -0.2) is 13.1 Å². The van der Waals surface area contributed by atoms with Crippen molar-refractivity contribution in [2.75, 3.05) is 13.1 Å². The van der Waals surface area contributed by atoms with Crippen LogP contribution < -0.4 is 10.0 Å². The molecule has 0 heterocycles. The van der Waals surface area contributed by atoms with E-state index in [0.29, 0.717) is 18.0 Å². The van der Waals surface area contributed by atoms with E-state index >= 15 is 0 Å². The minimum absolute atomic E-state index is 0.0228. The van der Waals surface area contributed by atoms with E-state index in [1.165, 1.54) is 28.5 Å². The van der Waals surface area contributed by atoms with Crippen LogP contribution in [0.1, 0.15) is 12.0 Å². The van der Waals surface area contributed by atoms with Crippen LogP contribution in [0.3, 0.4) is 0 Å². The van der Waals surface area contributed by atoms with Crippen molar-refractivity contribution >= 4 is 38.3 Å². The Balaban J connectivity index is 1.46. The maximum atomic E-state index is 12.2. The van der Waals surface area contributed by atoms with Gasteiger partial charge >= 0.3 is 0 Å². The van der Waals surface area contributed by atoms with Gasteiger partial charge in [-0.2, -0.15) is 0 Å². The number of sulfonamides is 1. The first-order valence-corrected chi connectivity index (χ1v) is 10.8. The van der Waals surface area contributed by atoms with Gasteiger partial charge < -0.3 is 5.32 Å². The predicted octanol–water partition coefficient (Wildman–Crippen LogP) is 3.52. The quantitative estimate of drug-likeness (QED) is 0.590. The van der Waals surface area contributed by atoms with Crippen molar-refractivity contribution in [1.82, 2.24) is 10.0 Å². The van der Waals surface area contributed by atoms with Gasteiger partial charge in [-0.3, -0.25) is 4.79 Å². The Bertz CT molecular complexity index is 1080. The zero-order chi connectivity index (χ0) is 20.0. The van der Waals surface area contributed by atoms with Crippen molar-refractivity contribution in [3.8, 4) is 0 Å². The van der Waals surface area contributed by atoms with Crippen molar-refractivity contribution < 1.29 is 13.2 Å². The first kappa shape index (κ1) is 20.3. The molecule has 3 rings (SSSR count). The second kappa shape index (κ2) is 9.19. The summed E-state index contributed by atoms with van der Waals surface area (Å²) >= 11 is 5.82. The number of hydrogen-bond acceptors (Lipinski definition) is 3. The number of halogens is 1. The summed E-state index contributed by atoms with van der Waals surface area (Å²) < 4.78 is 26.8. The molecule has 0 fully saturated rings. The molecule has 0 aromatic heterocycles. The van der Waals surface area contributed by atoms with Gasteiger partial charge in [0.15, 0.2) is 0 Å². The molecular formula is C21H21ClN2O3S. The van der Waals surface area contributed by atoms with Crippen molar-refractivity contribution in [3.05, 3.63) is 77.3 Å². The van der Waals surface area contributed by atoms with E-state index in [0.717, 1.165) is 0 Å². The van der Waals surface area contributed by atoms with Gasteiger partial charge in [0.05, 0.1) is 4.90 Å². The van der Waals surface area contributed by atoms with E-state index in [4.69, 9.17) is 11.6 Å². The first-order chi connectivity index (χ1) is 13.5. The average molecular weight is 417 g/mol. The van der Waals surface area contributed by atoms with Gasteiger partial charge in [0, 0.05) is 24.5 Å². The molecule has 0 aliphatic rings. The Morgan fingerprint density at radius 1 is 0.929 bits per heavy atom. The predicted molar refractivity (Wildman–Crippen MR) is 112 cm³/mol. The normalized spacial score (nSPS) is 11.5. The summed E-state index contributed by atoms with van der Waals surface area (Å²) in [5.41, 5.74) is 1.17. The van der Waals surface area contributed by atoms with Gasteiger partial charge in [-0.1, -0.05) is 60.1 Å². The lowest BCUT2D eigenvalue weighted by molar-refractivity contribution is -0.120. The number of nitrogens with one attached hydrogen (secondary N) is 2. The number of amides is 1. The fourth-order valence-electron chi connectivity index (χ4n) is 2.95. The van der Waals surface area contributed by atoms with Crippen LogP contribution in [-0.4, -0.2) is 27.4 Å². The summed E-state index contributed by atoms with van der Waals surface area (Å²) in [4.78, 5) is 12.1. The number of benzene rings is 3. The van der Waals surface area contributed by atoms with Crippen LogP contribution in [0.15, 0.2) is 71.6 Å². The lowest BCUT2D eigenvalue weighted by Gasteiger charge is -2.09. The molecule has 0 unspecified atom stereocenters. The molecule has 5 nitrogen and oxygen atoms in total. The Morgan fingerprint density at radius 2 is 1.68 bits per heavy atom. The highest BCUT2D eigenvalue weighted by Gasteiger charge is 2.14. The number of carbonyl (C=O) groups is 1. The van der Waals surface area contributed by atoms with Crippen LogP contribution in [0, 0.1) is 0 Å². The van der Waals surface area contributed by atoms with E-state index < -0.39 is 10.0 Å². The average Bonchev–Trinajstić information content (AvgIpc) is 2.68. The standard InChI is InChI=1S/C21H21ClN2O3S/c22-18-8-4-9-19(15-18)28(26,27)24-14-12-21(25)23-13-11-17-7-3-6-16-5-1-2-10-20(16)17/h1-10,15,24H,11-14H2,(H,23,25).